The van der Waals surface area contributed by atoms with Crippen LogP contribution in [-0.4, -0.2) is 49.6 Å². The minimum atomic E-state index is -0.140. The maximum atomic E-state index is 12.8. The van der Waals surface area contributed by atoms with Gasteiger partial charge >= 0.3 is 0 Å². The van der Waals surface area contributed by atoms with E-state index in [9.17, 15) is 4.79 Å². The van der Waals surface area contributed by atoms with Crippen molar-refractivity contribution in [3.63, 3.8) is 0 Å². The third kappa shape index (κ3) is 4.50. The Morgan fingerprint density at radius 1 is 1.17 bits per heavy atom. The predicted molar refractivity (Wildman–Crippen MR) is 121 cm³/mol. The Bertz CT molecular complexity index is 981. The number of hydrogen-bond donors (Lipinski definition) is 1. The quantitative estimate of drug-likeness (QED) is 0.557. The molecule has 1 aromatic carbocycles. The number of amides is 1. The lowest BCUT2D eigenvalue weighted by molar-refractivity contribution is 0.0934. The first-order valence-electron chi connectivity index (χ1n) is 9.93. The van der Waals surface area contributed by atoms with Gasteiger partial charge in [0.15, 0.2) is 11.5 Å². The number of methoxy groups -OCH3 is 2. The lowest BCUT2D eigenvalue weighted by Crippen LogP contribution is -2.36. The van der Waals surface area contributed by atoms with E-state index in [0.717, 1.165) is 23.7 Å². The number of aromatic nitrogens is 1. The molecule has 1 fully saturated rings. The monoisotopic (exact) mass is 443 g/mol. The van der Waals surface area contributed by atoms with Crippen LogP contribution in [0, 0.1) is 0 Å². The Balaban J connectivity index is 1.45. The van der Waals surface area contributed by atoms with Crippen LogP contribution in [0.1, 0.15) is 34.2 Å². The second-order valence-electron chi connectivity index (χ2n) is 7.09. The number of likely N-dealkylation sites (tertiary alicyclic amines) is 1. The average Bonchev–Trinajstić information content (AvgIpc) is 3.56. The van der Waals surface area contributed by atoms with E-state index in [2.05, 4.69) is 32.7 Å². The number of benzene rings is 1. The summed E-state index contributed by atoms with van der Waals surface area (Å²) in [4.78, 5) is 21.1. The molecule has 1 atom stereocenters. The lowest BCUT2D eigenvalue weighted by atomic mass is 10.2. The fraction of sp³-hybridized carbons (Fsp3) is 0.364. The molecule has 1 unspecified atom stereocenters. The zero-order valence-electron chi connectivity index (χ0n) is 17.1. The van der Waals surface area contributed by atoms with Crippen molar-refractivity contribution >= 4 is 28.6 Å². The van der Waals surface area contributed by atoms with Crippen LogP contribution in [0.15, 0.2) is 41.1 Å². The number of ether oxygens (including phenoxy) is 2. The maximum Gasteiger partial charge on any atom is 0.270 e. The second-order valence-corrected chi connectivity index (χ2v) is 8.93. The molecule has 0 saturated carbocycles. The Hall–Kier alpha value is -2.42. The molecule has 30 heavy (non-hydrogen) atoms. The Morgan fingerprint density at radius 3 is 2.67 bits per heavy atom. The summed E-state index contributed by atoms with van der Waals surface area (Å²) in [6.07, 6.45) is 2.44. The number of carbonyl (C=O) groups is 1. The van der Waals surface area contributed by atoms with Crippen molar-refractivity contribution in [3.8, 4) is 22.1 Å². The third-order valence-corrected chi connectivity index (χ3v) is 7.14. The van der Waals surface area contributed by atoms with Gasteiger partial charge in [-0.2, -0.15) is 0 Å². The highest BCUT2D eigenvalue weighted by atomic mass is 32.1. The third-order valence-electron chi connectivity index (χ3n) is 5.28. The molecule has 0 spiro atoms. The molecular weight excluding hydrogens is 418 g/mol. The summed E-state index contributed by atoms with van der Waals surface area (Å²) < 4.78 is 10.7. The van der Waals surface area contributed by atoms with Gasteiger partial charge in [-0.3, -0.25) is 9.69 Å². The van der Waals surface area contributed by atoms with E-state index in [1.165, 1.54) is 29.1 Å². The van der Waals surface area contributed by atoms with Gasteiger partial charge in [0.05, 0.1) is 20.3 Å². The van der Waals surface area contributed by atoms with Gasteiger partial charge < -0.3 is 14.8 Å². The predicted octanol–water partition coefficient (Wildman–Crippen LogP) is 4.46. The molecule has 8 heteroatoms. The van der Waals surface area contributed by atoms with Gasteiger partial charge in [-0.15, -0.1) is 22.7 Å². The molecular formula is C22H25N3O3S2. The number of nitrogens with one attached hydrogen (secondary N) is 1. The van der Waals surface area contributed by atoms with Gasteiger partial charge in [-0.1, -0.05) is 6.07 Å². The summed E-state index contributed by atoms with van der Waals surface area (Å²) in [6, 6.07) is 10.1. The van der Waals surface area contributed by atoms with Gasteiger partial charge in [-0.25, -0.2) is 4.98 Å². The topological polar surface area (TPSA) is 63.7 Å². The molecule has 0 aliphatic carbocycles. The van der Waals surface area contributed by atoms with Crippen molar-refractivity contribution in [2.75, 3.05) is 33.9 Å². The van der Waals surface area contributed by atoms with Gasteiger partial charge in [0.2, 0.25) is 0 Å². The zero-order valence-corrected chi connectivity index (χ0v) is 18.7. The van der Waals surface area contributed by atoms with Gasteiger partial charge in [0, 0.05) is 22.4 Å². The van der Waals surface area contributed by atoms with E-state index in [1.54, 1.807) is 30.9 Å². The van der Waals surface area contributed by atoms with Crippen LogP contribution in [-0.2, 0) is 0 Å². The van der Waals surface area contributed by atoms with Crippen molar-refractivity contribution < 1.29 is 14.3 Å². The van der Waals surface area contributed by atoms with Crippen LogP contribution < -0.4 is 14.8 Å². The molecule has 3 heterocycles. The van der Waals surface area contributed by atoms with Crippen molar-refractivity contribution in [2.45, 2.75) is 18.9 Å². The molecule has 1 saturated heterocycles. The molecule has 3 aromatic rings. The van der Waals surface area contributed by atoms with Crippen molar-refractivity contribution in [1.29, 1.82) is 0 Å². The van der Waals surface area contributed by atoms with Crippen molar-refractivity contribution in [1.82, 2.24) is 15.2 Å². The van der Waals surface area contributed by atoms with E-state index < -0.39 is 0 Å². The molecule has 158 valence electrons. The van der Waals surface area contributed by atoms with Crippen LogP contribution in [0.5, 0.6) is 11.5 Å². The van der Waals surface area contributed by atoms with Crippen LogP contribution in [0.25, 0.3) is 10.6 Å². The van der Waals surface area contributed by atoms with E-state index in [1.807, 2.05) is 18.2 Å². The number of thiazole rings is 1. The molecule has 1 aliphatic rings. The number of hydrogen-bond acceptors (Lipinski definition) is 7. The molecule has 2 aromatic heterocycles. The van der Waals surface area contributed by atoms with Gasteiger partial charge in [0.1, 0.15) is 10.7 Å². The van der Waals surface area contributed by atoms with Crippen LogP contribution in [0.3, 0.4) is 0 Å². The first-order valence-corrected chi connectivity index (χ1v) is 11.7. The highest BCUT2D eigenvalue weighted by molar-refractivity contribution is 7.13. The van der Waals surface area contributed by atoms with E-state index in [0.29, 0.717) is 23.7 Å². The minimum absolute atomic E-state index is 0.140. The second kappa shape index (κ2) is 9.59. The average molecular weight is 444 g/mol. The Morgan fingerprint density at radius 2 is 1.97 bits per heavy atom. The highest BCUT2D eigenvalue weighted by Crippen LogP contribution is 2.33. The summed E-state index contributed by atoms with van der Waals surface area (Å²) in [6.45, 7) is 2.75. The summed E-state index contributed by atoms with van der Waals surface area (Å²) in [7, 11) is 3.21. The number of rotatable bonds is 8. The molecule has 1 amide bonds. The van der Waals surface area contributed by atoms with Crippen LogP contribution in [0.4, 0.5) is 0 Å². The van der Waals surface area contributed by atoms with Crippen molar-refractivity contribution in [3.05, 3.63) is 51.7 Å². The van der Waals surface area contributed by atoms with Crippen LogP contribution in [0.2, 0.25) is 0 Å². The highest BCUT2D eigenvalue weighted by Gasteiger charge is 2.25. The SMILES string of the molecule is COc1ccc(-c2nc(C(=O)NCC(c3cccs3)N3CCCC3)cs2)cc1OC. The normalized spacial score (nSPS) is 15.1. The number of carbonyl (C=O) groups excluding carboxylic acids is 1. The lowest BCUT2D eigenvalue weighted by Gasteiger charge is -2.26. The van der Waals surface area contributed by atoms with E-state index >= 15 is 0 Å². The molecule has 0 radical (unpaired) electrons. The summed E-state index contributed by atoms with van der Waals surface area (Å²) in [5.41, 5.74) is 1.33. The Labute approximate surface area is 184 Å². The minimum Gasteiger partial charge on any atom is -0.493 e. The largest absolute Gasteiger partial charge is 0.493 e. The zero-order chi connectivity index (χ0) is 20.9. The van der Waals surface area contributed by atoms with E-state index in [-0.39, 0.29) is 11.9 Å². The summed E-state index contributed by atoms with van der Waals surface area (Å²) in [5.74, 6) is 1.16. The molecule has 6 nitrogen and oxygen atoms in total. The number of nitrogens with zero attached hydrogens (tertiary/aromatic N) is 2. The summed E-state index contributed by atoms with van der Waals surface area (Å²) in [5, 5.41) is 7.77. The van der Waals surface area contributed by atoms with Gasteiger partial charge in [0.25, 0.3) is 5.91 Å². The molecule has 1 N–H and O–H groups in total. The van der Waals surface area contributed by atoms with E-state index in [4.69, 9.17) is 9.47 Å². The first kappa shape index (κ1) is 20.8. The standard InChI is InChI=1S/C22H25N3O3S2/c1-27-18-8-7-15(12-19(18)28-2)22-24-16(14-30-22)21(26)23-13-17(20-6-5-11-29-20)25-9-3-4-10-25/h5-8,11-12,14,17H,3-4,9-10,13H2,1-2H3,(H,23,26). The van der Waals surface area contributed by atoms with Crippen LogP contribution >= 0.6 is 22.7 Å². The first-order chi connectivity index (χ1) is 14.7. The van der Waals surface area contributed by atoms with Gasteiger partial charge in [-0.05, 0) is 55.6 Å². The maximum absolute atomic E-state index is 12.8. The molecule has 4 rings (SSSR count). The molecule has 1 aliphatic heterocycles. The number of thiophene rings is 1. The van der Waals surface area contributed by atoms with Crippen molar-refractivity contribution in [2.24, 2.45) is 0 Å². The fourth-order valence-corrected chi connectivity index (χ4v) is 5.36. The summed E-state index contributed by atoms with van der Waals surface area (Å²) >= 11 is 3.19. The Kier molecular flexibility index (Phi) is 6.66. The molecule has 0 bridgehead atoms. The smallest absolute Gasteiger partial charge is 0.270 e. The fourth-order valence-electron chi connectivity index (χ4n) is 3.70.